The smallest absolute Gasteiger partial charge is 0.310 e. The van der Waals surface area contributed by atoms with Gasteiger partial charge in [0.2, 0.25) is 0 Å². The summed E-state index contributed by atoms with van der Waals surface area (Å²) in [4.78, 5) is 23.1. The zero-order chi connectivity index (χ0) is 30.9. The van der Waals surface area contributed by atoms with E-state index in [0.29, 0.717) is 10.7 Å². The summed E-state index contributed by atoms with van der Waals surface area (Å²) >= 11 is 10.3. The monoisotopic (exact) mass is 665 g/mol. The van der Waals surface area contributed by atoms with Crippen molar-refractivity contribution >= 4 is 39.2 Å². The van der Waals surface area contributed by atoms with Crippen molar-refractivity contribution in [1.29, 1.82) is 0 Å². The first-order valence-corrected chi connectivity index (χ1v) is 17.1. The molecule has 2 aliphatic heterocycles. The first-order chi connectivity index (χ1) is 20.5. The number of ether oxygens (including phenoxy) is 1. The fraction of sp³-hybridized carbons (Fsp3) is 0.500. The van der Waals surface area contributed by atoms with Crippen LogP contribution in [0.4, 0.5) is 5.69 Å². The Kier molecular flexibility index (Phi) is 9.89. The average Bonchev–Trinajstić information content (AvgIpc) is 2.95. The van der Waals surface area contributed by atoms with E-state index in [0.717, 1.165) is 85.2 Å². The van der Waals surface area contributed by atoms with Gasteiger partial charge in [0.25, 0.3) is 0 Å². The Hall–Kier alpha value is -2.41. The number of halogens is 2. The highest BCUT2D eigenvalue weighted by molar-refractivity contribution is 9.08. The molecule has 0 bridgehead atoms. The summed E-state index contributed by atoms with van der Waals surface area (Å²) in [5, 5.41) is 1.49. The molecule has 0 saturated carbocycles. The van der Waals surface area contributed by atoms with Crippen LogP contribution in [0.3, 0.4) is 0 Å². The zero-order valence-corrected chi connectivity index (χ0v) is 28.9. The van der Waals surface area contributed by atoms with Crippen LogP contribution in [-0.4, -0.2) is 41.6 Å². The van der Waals surface area contributed by atoms with Crippen LogP contribution in [0.2, 0.25) is 5.02 Å². The number of hydrogen-bond donors (Lipinski definition) is 0. The standard InChI is InChI=1S/C36H45BrClN3O2/c1-23(2)43-33(42)19-29-25(4)39-32(20-37)34(35(29)41-16-13-36(5,6)14-17-41)27-10-11-28-21-40(15-12-26(28)18-27)22-30-24(3)8-7-9-31(30)38/h7-11,18,23H,12-17,19-22H2,1-6H3. The van der Waals surface area contributed by atoms with Gasteiger partial charge >= 0.3 is 5.97 Å². The Morgan fingerprint density at radius 3 is 2.49 bits per heavy atom. The fourth-order valence-electron chi connectivity index (χ4n) is 6.52. The molecule has 43 heavy (non-hydrogen) atoms. The summed E-state index contributed by atoms with van der Waals surface area (Å²) in [6, 6.07) is 13.1. The molecule has 2 aliphatic rings. The number of anilines is 1. The van der Waals surface area contributed by atoms with E-state index in [4.69, 9.17) is 21.3 Å². The molecular formula is C36H45BrClN3O2. The van der Waals surface area contributed by atoms with Crippen molar-refractivity contribution in [1.82, 2.24) is 9.88 Å². The molecule has 0 atom stereocenters. The second kappa shape index (κ2) is 13.3. The van der Waals surface area contributed by atoms with Gasteiger partial charge in [0.15, 0.2) is 0 Å². The summed E-state index contributed by atoms with van der Waals surface area (Å²) in [5.74, 6) is -0.199. The molecule has 5 rings (SSSR count). The highest BCUT2D eigenvalue weighted by Gasteiger charge is 2.31. The fourth-order valence-corrected chi connectivity index (χ4v) is 7.21. The minimum atomic E-state index is -0.199. The molecule has 0 N–H and O–H groups in total. The van der Waals surface area contributed by atoms with Gasteiger partial charge in [-0.05, 0) is 86.3 Å². The molecule has 0 spiro atoms. The molecule has 1 fully saturated rings. The summed E-state index contributed by atoms with van der Waals surface area (Å²) < 4.78 is 5.62. The Bertz CT molecular complexity index is 1470. The van der Waals surface area contributed by atoms with Crippen molar-refractivity contribution in [3.05, 3.63) is 80.6 Å². The minimum Gasteiger partial charge on any atom is -0.463 e. The van der Waals surface area contributed by atoms with E-state index in [-0.39, 0.29) is 18.5 Å². The summed E-state index contributed by atoms with van der Waals surface area (Å²) in [6.07, 6.45) is 3.28. The lowest BCUT2D eigenvalue weighted by Gasteiger charge is -2.40. The molecule has 2 aromatic carbocycles. The van der Waals surface area contributed by atoms with Crippen molar-refractivity contribution < 1.29 is 9.53 Å². The summed E-state index contributed by atoms with van der Waals surface area (Å²) in [5.41, 5.74) is 11.9. The number of aromatic nitrogens is 1. The van der Waals surface area contributed by atoms with Crippen molar-refractivity contribution in [3.8, 4) is 11.1 Å². The van der Waals surface area contributed by atoms with Gasteiger partial charge in [0.05, 0.1) is 23.9 Å². The minimum absolute atomic E-state index is 0.150. The molecule has 5 nitrogen and oxygen atoms in total. The maximum Gasteiger partial charge on any atom is 0.310 e. The van der Waals surface area contributed by atoms with Crippen molar-refractivity contribution in [3.63, 3.8) is 0 Å². The highest BCUT2D eigenvalue weighted by Crippen LogP contribution is 2.43. The highest BCUT2D eigenvalue weighted by atomic mass is 79.9. The van der Waals surface area contributed by atoms with Crippen LogP contribution in [0.15, 0.2) is 36.4 Å². The van der Waals surface area contributed by atoms with E-state index < -0.39 is 0 Å². The number of benzene rings is 2. The topological polar surface area (TPSA) is 45.7 Å². The third-order valence-corrected chi connectivity index (χ3v) is 10.0. The van der Waals surface area contributed by atoms with Crippen LogP contribution >= 0.6 is 27.5 Å². The SMILES string of the molecule is Cc1cccc(Cl)c1CN1CCc2cc(-c3c(CBr)nc(C)c(CC(=O)OC(C)C)c3N3CCC(C)(C)CC3)ccc2C1. The molecule has 230 valence electrons. The number of fused-ring (bicyclic) bond motifs is 1. The molecule has 0 amide bonds. The number of rotatable bonds is 8. The van der Waals surface area contributed by atoms with Gasteiger partial charge in [-0.2, -0.15) is 0 Å². The van der Waals surface area contributed by atoms with Crippen LogP contribution < -0.4 is 4.90 Å². The van der Waals surface area contributed by atoms with Gasteiger partial charge < -0.3 is 9.64 Å². The average molecular weight is 667 g/mol. The maximum atomic E-state index is 13.0. The molecule has 0 unspecified atom stereocenters. The second-order valence-electron chi connectivity index (χ2n) is 13.3. The number of carbonyl (C=O) groups is 1. The number of pyridine rings is 1. The van der Waals surface area contributed by atoms with Gasteiger partial charge in [0, 0.05) is 59.9 Å². The Morgan fingerprint density at radius 1 is 1.07 bits per heavy atom. The van der Waals surface area contributed by atoms with Gasteiger partial charge in [-0.3, -0.25) is 14.7 Å². The van der Waals surface area contributed by atoms with E-state index in [2.05, 4.69) is 70.8 Å². The van der Waals surface area contributed by atoms with Crippen LogP contribution in [0.5, 0.6) is 0 Å². The third-order valence-electron chi connectivity index (χ3n) is 9.12. The van der Waals surface area contributed by atoms with Gasteiger partial charge in [-0.15, -0.1) is 0 Å². The number of piperidine rings is 1. The number of carbonyl (C=O) groups excluding carboxylic acids is 1. The summed E-state index contributed by atoms with van der Waals surface area (Å²) in [6.45, 7) is 17.3. The number of alkyl halides is 1. The predicted octanol–water partition coefficient (Wildman–Crippen LogP) is 8.59. The van der Waals surface area contributed by atoms with Crippen molar-refractivity contribution in [2.75, 3.05) is 24.5 Å². The van der Waals surface area contributed by atoms with Crippen molar-refractivity contribution in [2.24, 2.45) is 5.41 Å². The first-order valence-electron chi connectivity index (χ1n) is 15.6. The number of nitrogens with zero attached hydrogens (tertiary/aromatic N) is 3. The molecular weight excluding hydrogens is 622 g/mol. The lowest BCUT2D eigenvalue weighted by atomic mass is 9.82. The summed E-state index contributed by atoms with van der Waals surface area (Å²) in [7, 11) is 0. The van der Waals surface area contributed by atoms with Gasteiger partial charge in [-0.1, -0.05) is 71.7 Å². The quantitative estimate of drug-likeness (QED) is 0.178. The Labute approximate surface area is 271 Å². The third kappa shape index (κ3) is 7.29. The first kappa shape index (κ1) is 32.0. The van der Waals surface area contributed by atoms with E-state index in [1.54, 1.807) is 0 Å². The van der Waals surface area contributed by atoms with Crippen LogP contribution in [-0.2, 0) is 40.8 Å². The predicted molar refractivity (Wildman–Crippen MR) is 181 cm³/mol. The van der Waals surface area contributed by atoms with E-state index >= 15 is 0 Å². The van der Waals surface area contributed by atoms with Crippen molar-refractivity contribution in [2.45, 2.75) is 91.7 Å². The molecule has 0 radical (unpaired) electrons. The van der Waals surface area contributed by atoms with Gasteiger partial charge in [-0.25, -0.2) is 0 Å². The Morgan fingerprint density at radius 2 is 1.81 bits per heavy atom. The second-order valence-corrected chi connectivity index (χ2v) is 14.3. The lowest BCUT2D eigenvalue weighted by molar-refractivity contribution is -0.146. The largest absolute Gasteiger partial charge is 0.463 e. The molecule has 3 aromatic rings. The number of esters is 1. The Balaban J connectivity index is 1.53. The van der Waals surface area contributed by atoms with Crippen LogP contribution in [0.25, 0.3) is 11.1 Å². The number of hydrogen-bond acceptors (Lipinski definition) is 5. The van der Waals surface area contributed by atoms with Gasteiger partial charge in [0.1, 0.15) is 0 Å². The zero-order valence-electron chi connectivity index (χ0n) is 26.5. The number of aryl methyl sites for hydroxylation is 2. The van der Waals surface area contributed by atoms with Crippen LogP contribution in [0.1, 0.15) is 79.7 Å². The molecule has 7 heteroatoms. The maximum absolute atomic E-state index is 13.0. The molecule has 0 aliphatic carbocycles. The van der Waals surface area contributed by atoms with E-state index in [9.17, 15) is 4.79 Å². The molecule has 3 heterocycles. The molecule has 1 aromatic heterocycles. The van der Waals surface area contributed by atoms with E-state index in [1.807, 2.05) is 32.9 Å². The lowest BCUT2D eigenvalue weighted by Crippen LogP contribution is -2.38. The van der Waals surface area contributed by atoms with E-state index in [1.165, 1.54) is 27.8 Å². The normalized spacial score (nSPS) is 16.8. The molecule has 1 saturated heterocycles. The van der Waals surface area contributed by atoms with Crippen LogP contribution in [0, 0.1) is 19.3 Å².